The molecule has 2 bridgehead atoms. The highest BCUT2D eigenvalue weighted by Crippen LogP contribution is 2.65. The van der Waals surface area contributed by atoms with E-state index < -0.39 is 16.4 Å². The number of hydrogen-bond donors (Lipinski definition) is 1. The molecule has 0 spiro atoms. The Morgan fingerprint density at radius 1 is 1.23 bits per heavy atom. The molecule has 1 aliphatic heterocycles. The Morgan fingerprint density at radius 3 is 2.32 bits per heavy atom. The molecule has 1 saturated heterocycles. The average Bonchev–Trinajstić information content (AvgIpc) is 2.78. The van der Waals surface area contributed by atoms with Gasteiger partial charge in [-0.15, -0.1) is 0 Å². The number of amides is 1. The highest BCUT2D eigenvalue weighted by Gasteiger charge is 2.75. The van der Waals surface area contributed by atoms with Crippen LogP contribution in [0.25, 0.3) is 6.08 Å². The largest absolute Gasteiger partial charge is 0.448 e. The Morgan fingerprint density at radius 2 is 1.86 bits per heavy atom. The van der Waals surface area contributed by atoms with Crippen LogP contribution in [0.4, 0.5) is 5.69 Å². The molecule has 22 heavy (non-hydrogen) atoms. The van der Waals surface area contributed by atoms with Crippen molar-refractivity contribution in [1.82, 2.24) is 0 Å². The predicted molar refractivity (Wildman–Crippen MR) is 85.1 cm³/mol. The van der Waals surface area contributed by atoms with Gasteiger partial charge in [-0.3, -0.25) is 9.59 Å². The van der Waals surface area contributed by atoms with Gasteiger partial charge in [-0.05, 0) is 37.5 Å². The number of benzene rings is 1. The molecule has 2 aliphatic rings. The van der Waals surface area contributed by atoms with Crippen LogP contribution in [0.15, 0.2) is 30.8 Å². The summed E-state index contributed by atoms with van der Waals surface area (Å²) in [6, 6.07) is 7.41. The molecule has 1 aromatic rings. The lowest BCUT2D eigenvalue weighted by molar-refractivity contribution is -0.165. The average molecular weight is 299 g/mol. The van der Waals surface area contributed by atoms with Crippen LogP contribution in [0, 0.1) is 10.8 Å². The Kier molecular flexibility index (Phi) is 3.00. The van der Waals surface area contributed by atoms with Gasteiger partial charge < -0.3 is 10.1 Å². The monoisotopic (exact) mass is 299 g/mol. The second-order valence-electron chi connectivity index (χ2n) is 6.95. The molecule has 1 amide bonds. The minimum atomic E-state index is -1.07. The van der Waals surface area contributed by atoms with Crippen molar-refractivity contribution < 1.29 is 14.3 Å². The number of ether oxygens (including phenoxy) is 1. The molecule has 116 valence electrons. The summed E-state index contributed by atoms with van der Waals surface area (Å²) in [5.41, 5.74) is -0.510. The van der Waals surface area contributed by atoms with E-state index >= 15 is 0 Å². The quantitative estimate of drug-likeness (QED) is 0.870. The van der Waals surface area contributed by atoms with Crippen LogP contribution >= 0.6 is 0 Å². The van der Waals surface area contributed by atoms with E-state index in [1.807, 2.05) is 45.0 Å². The fourth-order valence-corrected chi connectivity index (χ4v) is 3.68. The Labute approximate surface area is 130 Å². The number of nitrogens with one attached hydrogen (secondary N) is 1. The van der Waals surface area contributed by atoms with Gasteiger partial charge in [0.2, 0.25) is 0 Å². The molecule has 4 heteroatoms. The fraction of sp³-hybridized carbons (Fsp3) is 0.444. The van der Waals surface area contributed by atoms with Gasteiger partial charge in [-0.2, -0.15) is 0 Å². The molecular formula is C18H21NO3. The molecule has 3 rings (SSSR count). The van der Waals surface area contributed by atoms with Crippen LogP contribution in [0.1, 0.15) is 39.2 Å². The van der Waals surface area contributed by atoms with Gasteiger partial charge in [-0.25, -0.2) is 0 Å². The van der Waals surface area contributed by atoms with Crippen molar-refractivity contribution >= 4 is 23.6 Å². The second kappa shape index (κ2) is 4.45. The lowest BCUT2D eigenvalue weighted by Gasteiger charge is -2.35. The molecule has 1 aliphatic carbocycles. The van der Waals surface area contributed by atoms with E-state index in [-0.39, 0.29) is 11.9 Å². The van der Waals surface area contributed by atoms with Crippen LogP contribution in [0.3, 0.4) is 0 Å². The third kappa shape index (κ3) is 1.64. The number of esters is 1. The van der Waals surface area contributed by atoms with E-state index in [1.54, 1.807) is 6.08 Å². The first-order chi connectivity index (χ1) is 10.3. The van der Waals surface area contributed by atoms with Crippen LogP contribution < -0.4 is 5.32 Å². The number of hydrogen-bond acceptors (Lipinski definition) is 3. The second-order valence-corrected chi connectivity index (χ2v) is 6.95. The van der Waals surface area contributed by atoms with E-state index in [0.29, 0.717) is 18.5 Å². The molecule has 1 heterocycles. The number of fused-ring (bicyclic) bond motifs is 2. The summed E-state index contributed by atoms with van der Waals surface area (Å²) in [4.78, 5) is 25.0. The number of carbonyl (C=O) groups excluding carboxylic acids is 2. The van der Waals surface area contributed by atoms with Gasteiger partial charge in [0.15, 0.2) is 5.60 Å². The van der Waals surface area contributed by atoms with Gasteiger partial charge in [0.05, 0.1) is 5.41 Å². The Bertz CT molecular complexity index is 661. The minimum Gasteiger partial charge on any atom is -0.448 e. The molecule has 1 saturated carbocycles. The van der Waals surface area contributed by atoms with Crippen molar-refractivity contribution in [2.75, 3.05) is 5.32 Å². The normalized spacial score (nSPS) is 31.7. The first-order valence-corrected chi connectivity index (χ1v) is 7.54. The zero-order chi connectivity index (χ0) is 16.2. The summed E-state index contributed by atoms with van der Waals surface area (Å²) in [5, 5.41) is 2.90. The third-order valence-corrected chi connectivity index (χ3v) is 5.85. The molecule has 0 aromatic heterocycles. The van der Waals surface area contributed by atoms with Gasteiger partial charge in [0, 0.05) is 11.1 Å². The van der Waals surface area contributed by atoms with Crippen molar-refractivity contribution in [1.29, 1.82) is 0 Å². The highest BCUT2D eigenvalue weighted by atomic mass is 16.6. The van der Waals surface area contributed by atoms with Gasteiger partial charge in [0.25, 0.3) is 5.91 Å². The smallest absolute Gasteiger partial charge is 0.313 e. The molecular weight excluding hydrogens is 278 g/mol. The van der Waals surface area contributed by atoms with Crippen molar-refractivity contribution in [3.8, 4) is 0 Å². The van der Waals surface area contributed by atoms with Crippen molar-refractivity contribution in [3.05, 3.63) is 36.4 Å². The molecule has 2 atom stereocenters. The SMILES string of the molecule is C=Cc1ccc(NC(=O)[C@@]23CC[C@@](C)(C(=O)O2)C3(C)C)cc1. The molecule has 0 radical (unpaired) electrons. The zero-order valence-electron chi connectivity index (χ0n) is 13.2. The van der Waals surface area contributed by atoms with E-state index in [4.69, 9.17) is 4.74 Å². The first-order valence-electron chi connectivity index (χ1n) is 7.54. The summed E-state index contributed by atoms with van der Waals surface area (Å²) in [7, 11) is 0. The van der Waals surface area contributed by atoms with Crippen molar-refractivity contribution in [2.45, 2.75) is 39.2 Å². The van der Waals surface area contributed by atoms with E-state index in [0.717, 1.165) is 5.56 Å². The standard InChI is InChI=1S/C18H21NO3/c1-5-12-6-8-13(9-7-12)19-14(20)18-11-10-17(4,15(21)22-18)16(18,2)3/h5-9H,1,10-11H2,2-4H3,(H,19,20)/t17-,18+/m0/s1. The Balaban J connectivity index is 1.89. The maximum absolute atomic E-state index is 12.8. The fourth-order valence-electron chi connectivity index (χ4n) is 3.68. The van der Waals surface area contributed by atoms with E-state index in [9.17, 15) is 9.59 Å². The van der Waals surface area contributed by atoms with Gasteiger partial charge >= 0.3 is 5.97 Å². The predicted octanol–water partition coefficient (Wildman–Crippen LogP) is 3.39. The summed E-state index contributed by atoms with van der Waals surface area (Å²) in [6.07, 6.45) is 3.00. The van der Waals surface area contributed by atoms with Crippen LogP contribution in [-0.4, -0.2) is 17.5 Å². The molecule has 1 aromatic carbocycles. The summed E-state index contributed by atoms with van der Waals surface area (Å²) < 4.78 is 5.58. The lowest BCUT2D eigenvalue weighted by atomic mass is 9.66. The topological polar surface area (TPSA) is 55.4 Å². The van der Waals surface area contributed by atoms with Crippen molar-refractivity contribution in [2.24, 2.45) is 10.8 Å². The van der Waals surface area contributed by atoms with Crippen molar-refractivity contribution in [3.63, 3.8) is 0 Å². The summed E-state index contributed by atoms with van der Waals surface area (Å²) in [5.74, 6) is -0.501. The van der Waals surface area contributed by atoms with E-state index in [2.05, 4.69) is 11.9 Å². The molecule has 1 N–H and O–H groups in total. The maximum atomic E-state index is 12.8. The highest BCUT2D eigenvalue weighted by molar-refractivity contribution is 6.03. The zero-order valence-corrected chi connectivity index (χ0v) is 13.2. The van der Waals surface area contributed by atoms with Crippen LogP contribution in [-0.2, 0) is 14.3 Å². The number of carbonyl (C=O) groups is 2. The third-order valence-electron chi connectivity index (χ3n) is 5.85. The van der Waals surface area contributed by atoms with Crippen LogP contribution in [0.2, 0.25) is 0 Å². The maximum Gasteiger partial charge on any atom is 0.313 e. The Hall–Kier alpha value is -2.10. The van der Waals surface area contributed by atoms with Crippen LogP contribution in [0.5, 0.6) is 0 Å². The number of rotatable bonds is 3. The van der Waals surface area contributed by atoms with Gasteiger partial charge in [0.1, 0.15) is 0 Å². The summed E-state index contributed by atoms with van der Waals surface area (Å²) >= 11 is 0. The molecule has 4 nitrogen and oxygen atoms in total. The summed E-state index contributed by atoms with van der Waals surface area (Å²) in [6.45, 7) is 9.50. The number of anilines is 1. The van der Waals surface area contributed by atoms with E-state index in [1.165, 1.54) is 0 Å². The van der Waals surface area contributed by atoms with Gasteiger partial charge in [-0.1, -0.05) is 38.6 Å². The molecule has 2 fully saturated rings. The molecule has 0 unspecified atom stereocenters. The first kappa shape index (κ1) is 14.8. The lowest BCUT2D eigenvalue weighted by Crippen LogP contribution is -2.50. The minimum absolute atomic E-state index is 0.238.